The minimum Gasteiger partial charge on any atom is -0.394 e. The van der Waals surface area contributed by atoms with Gasteiger partial charge in [0.2, 0.25) is 17.7 Å². The summed E-state index contributed by atoms with van der Waals surface area (Å²) in [6.45, 7) is -0.299. The van der Waals surface area contributed by atoms with Crippen molar-refractivity contribution in [2.24, 2.45) is 5.73 Å². The number of nitrogens with one attached hydrogen (secondary N) is 2. The highest BCUT2D eigenvalue weighted by atomic mass is 35.5. The van der Waals surface area contributed by atoms with Crippen LogP contribution in [0.15, 0.2) is 59.3 Å². The second-order valence-electron chi connectivity index (χ2n) is 7.19. The minimum absolute atomic E-state index is 0.0949. The quantitative estimate of drug-likeness (QED) is 0.265. The second kappa shape index (κ2) is 10.4. The molecule has 5 N–H and O–H groups in total. The van der Waals surface area contributed by atoms with Gasteiger partial charge in [0.15, 0.2) is 0 Å². The Bertz CT molecular complexity index is 1340. The van der Waals surface area contributed by atoms with Gasteiger partial charge < -0.3 is 26.0 Å². The number of hydrogen-bond acceptors (Lipinski definition) is 9. The summed E-state index contributed by atoms with van der Waals surface area (Å²) in [4.78, 5) is 23.7. The molecule has 1 amide bonds. The van der Waals surface area contributed by atoms with Gasteiger partial charge in [-0.15, -0.1) is 0 Å². The first-order chi connectivity index (χ1) is 16.9. The normalized spacial score (nSPS) is 11.9. The molecule has 4 aromatic rings. The molecule has 0 spiro atoms. The van der Waals surface area contributed by atoms with Crippen LogP contribution in [0, 0.1) is 0 Å². The lowest BCUT2D eigenvalue weighted by molar-refractivity contribution is 0.100. The fourth-order valence-corrected chi connectivity index (χ4v) is 3.42. The lowest BCUT2D eigenvalue weighted by atomic mass is 10.1. The molecule has 13 heteroatoms. The number of nitrogens with two attached hydrogens (primary N) is 1. The van der Waals surface area contributed by atoms with Crippen LogP contribution in [0.1, 0.15) is 34.2 Å². The number of alkyl halides is 2. The largest absolute Gasteiger partial charge is 0.394 e. The third kappa shape index (κ3) is 5.50. The van der Waals surface area contributed by atoms with Gasteiger partial charge in [0, 0.05) is 11.9 Å². The van der Waals surface area contributed by atoms with E-state index in [1.54, 1.807) is 30.3 Å². The van der Waals surface area contributed by atoms with E-state index in [4.69, 9.17) is 21.9 Å². The number of carbonyl (C=O) groups excluding carboxylic acids is 1. The molecule has 0 aliphatic heterocycles. The monoisotopic (exact) mass is 501 g/mol. The van der Waals surface area contributed by atoms with Crippen LogP contribution in [0.2, 0.25) is 5.02 Å². The van der Waals surface area contributed by atoms with Gasteiger partial charge in [-0.25, -0.2) is 13.8 Å². The van der Waals surface area contributed by atoms with Crippen LogP contribution in [-0.2, 0) is 0 Å². The van der Waals surface area contributed by atoms with Crippen molar-refractivity contribution in [1.29, 1.82) is 0 Å². The number of nitrogens with zero attached hydrogens (tertiary/aromatic N) is 4. The molecule has 2 aromatic heterocycles. The average molecular weight is 502 g/mol. The highest BCUT2D eigenvalue weighted by Crippen LogP contribution is 2.31. The molecule has 0 saturated heterocycles. The zero-order valence-electron chi connectivity index (χ0n) is 17.8. The zero-order valence-corrected chi connectivity index (χ0v) is 18.6. The highest BCUT2D eigenvalue weighted by molar-refractivity contribution is 6.34. The predicted octanol–water partition coefficient (Wildman–Crippen LogP) is 4.11. The van der Waals surface area contributed by atoms with Crippen LogP contribution < -0.4 is 16.4 Å². The Balaban J connectivity index is 1.70. The average Bonchev–Trinajstić information content (AvgIpc) is 3.33. The number of amides is 1. The number of anilines is 3. The lowest BCUT2D eigenvalue weighted by Crippen LogP contribution is -2.17. The van der Waals surface area contributed by atoms with Gasteiger partial charge in [0.1, 0.15) is 11.4 Å². The first-order valence-corrected chi connectivity index (χ1v) is 10.5. The van der Waals surface area contributed by atoms with E-state index in [-0.39, 0.29) is 40.4 Å². The standard InChI is InChI=1S/C22H18ClF2N7O3/c23-15-8-12(6-7-13(15)18(26)34)28-22-27-9-14(21-30-20(17(24)25)32-35-21)19(31-22)29-16(10-33)11-4-2-1-3-5-11/h1-9,16-17,33H,10H2,(H2,26,34)(H2,27,28,29,31)/t16-/m1/s1. The maximum atomic E-state index is 13.0. The minimum atomic E-state index is -2.92. The Hall–Kier alpha value is -4.16. The van der Waals surface area contributed by atoms with Gasteiger partial charge in [-0.2, -0.15) is 9.97 Å². The van der Waals surface area contributed by atoms with Crippen molar-refractivity contribution in [2.45, 2.75) is 12.5 Å². The fourth-order valence-electron chi connectivity index (χ4n) is 3.15. The maximum absolute atomic E-state index is 13.0. The summed E-state index contributed by atoms with van der Waals surface area (Å²) in [7, 11) is 0. The van der Waals surface area contributed by atoms with Crippen molar-refractivity contribution in [1.82, 2.24) is 20.1 Å². The summed E-state index contributed by atoms with van der Waals surface area (Å²) in [6.07, 6.45) is -1.62. The molecule has 1 atom stereocenters. The van der Waals surface area contributed by atoms with Crippen LogP contribution in [0.5, 0.6) is 0 Å². The van der Waals surface area contributed by atoms with Crippen LogP contribution in [-0.4, -0.2) is 37.7 Å². The summed E-state index contributed by atoms with van der Waals surface area (Å²) in [5.74, 6) is -1.45. The Morgan fingerprint density at radius 3 is 2.57 bits per heavy atom. The van der Waals surface area contributed by atoms with E-state index in [1.165, 1.54) is 18.3 Å². The maximum Gasteiger partial charge on any atom is 0.300 e. The Morgan fingerprint density at radius 1 is 1.17 bits per heavy atom. The fraction of sp³-hybridized carbons (Fsp3) is 0.136. The molecular weight excluding hydrogens is 484 g/mol. The summed E-state index contributed by atoms with van der Waals surface area (Å²) in [5.41, 5.74) is 6.77. The molecule has 2 aromatic carbocycles. The van der Waals surface area contributed by atoms with Crippen molar-refractivity contribution in [3.05, 3.63) is 76.7 Å². The van der Waals surface area contributed by atoms with Gasteiger partial charge in [-0.3, -0.25) is 4.79 Å². The molecular formula is C22H18ClF2N7O3. The van der Waals surface area contributed by atoms with E-state index in [9.17, 15) is 18.7 Å². The van der Waals surface area contributed by atoms with E-state index in [0.29, 0.717) is 5.69 Å². The molecule has 0 unspecified atom stereocenters. The van der Waals surface area contributed by atoms with E-state index < -0.39 is 24.2 Å². The van der Waals surface area contributed by atoms with Crippen LogP contribution in [0.25, 0.3) is 11.5 Å². The molecule has 0 saturated carbocycles. The summed E-state index contributed by atoms with van der Waals surface area (Å²) < 4.78 is 30.9. The van der Waals surface area contributed by atoms with Crippen molar-refractivity contribution in [2.75, 3.05) is 17.2 Å². The highest BCUT2D eigenvalue weighted by Gasteiger charge is 2.22. The van der Waals surface area contributed by atoms with Crippen molar-refractivity contribution in [3.63, 3.8) is 0 Å². The number of rotatable bonds is 9. The summed E-state index contributed by atoms with van der Waals surface area (Å²) >= 11 is 6.10. The molecule has 10 nitrogen and oxygen atoms in total. The van der Waals surface area contributed by atoms with Crippen molar-refractivity contribution < 1.29 is 23.2 Å². The SMILES string of the molecule is NC(=O)c1ccc(Nc2ncc(-c3nc(C(F)F)no3)c(N[C@H](CO)c3ccccc3)n2)cc1Cl. The summed E-state index contributed by atoms with van der Waals surface area (Å²) in [6, 6.07) is 12.9. The van der Waals surface area contributed by atoms with Gasteiger partial charge in [-0.1, -0.05) is 47.1 Å². The van der Waals surface area contributed by atoms with E-state index in [0.717, 1.165) is 5.56 Å². The van der Waals surface area contributed by atoms with E-state index >= 15 is 0 Å². The van der Waals surface area contributed by atoms with Gasteiger partial charge in [0.05, 0.1) is 23.2 Å². The van der Waals surface area contributed by atoms with Gasteiger partial charge >= 0.3 is 6.43 Å². The number of halogens is 3. The summed E-state index contributed by atoms with van der Waals surface area (Å²) in [5, 5.41) is 19.4. The van der Waals surface area contributed by atoms with E-state index in [1.807, 2.05) is 6.07 Å². The smallest absolute Gasteiger partial charge is 0.300 e. The number of aliphatic hydroxyl groups excluding tert-OH is 1. The third-order valence-corrected chi connectivity index (χ3v) is 5.15. The molecule has 35 heavy (non-hydrogen) atoms. The van der Waals surface area contributed by atoms with E-state index in [2.05, 4.69) is 30.7 Å². The van der Waals surface area contributed by atoms with Gasteiger partial charge in [-0.05, 0) is 23.8 Å². The van der Waals surface area contributed by atoms with Gasteiger partial charge in [0.25, 0.3) is 5.89 Å². The van der Waals surface area contributed by atoms with Crippen molar-refractivity contribution >= 4 is 35.0 Å². The number of carbonyl (C=O) groups is 1. The molecule has 0 aliphatic rings. The van der Waals surface area contributed by atoms with Crippen LogP contribution in [0.3, 0.4) is 0 Å². The van der Waals surface area contributed by atoms with Crippen molar-refractivity contribution in [3.8, 4) is 11.5 Å². The molecule has 0 fully saturated rings. The third-order valence-electron chi connectivity index (χ3n) is 4.84. The number of benzene rings is 2. The Kier molecular flexibility index (Phi) is 7.13. The van der Waals surface area contributed by atoms with Crippen LogP contribution >= 0.6 is 11.6 Å². The zero-order chi connectivity index (χ0) is 24.9. The lowest BCUT2D eigenvalue weighted by Gasteiger charge is -2.19. The number of aromatic nitrogens is 4. The second-order valence-corrected chi connectivity index (χ2v) is 7.60. The van der Waals surface area contributed by atoms with Crippen LogP contribution in [0.4, 0.5) is 26.2 Å². The molecule has 0 radical (unpaired) electrons. The topological polar surface area (TPSA) is 152 Å². The number of hydrogen-bond donors (Lipinski definition) is 4. The molecule has 4 rings (SSSR count). The number of primary amides is 1. The number of aliphatic hydroxyl groups is 1. The molecule has 2 heterocycles. The first-order valence-electron chi connectivity index (χ1n) is 10.1. The first kappa shape index (κ1) is 24.0. The Labute approximate surface area is 202 Å². The molecule has 0 aliphatic carbocycles. The Morgan fingerprint density at radius 2 is 1.94 bits per heavy atom. The molecule has 0 bridgehead atoms. The molecule has 180 valence electrons. The predicted molar refractivity (Wildman–Crippen MR) is 123 cm³/mol.